The summed E-state index contributed by atoms with van der Waals surface area (Å²) in [5.41, 5.74) is 0.754. The third-order valence-corrected chi connectivity index (χ3v) is 3.79. The Kier molecular flexibility index (Phi) is 4.77. The zero-order valence-corrected chi connectivity index (χ0v) is 12.1. The largest absolute Gasteiger partial charge is 0.336 e. The van der Waals surface area contributed by atoms with Gasteiger partial charge >= 0.3 is 0 Å². The van der Waals surface area contributed by atoms with Gasteiger partial charge in [-0.1, -0.05) is 25.1 Å². The number of amides is 2. The van der Waals surface area contributed by atoms with Gasteiger partial charge in [-0.3, -0.25) is 9.59 Å². The number of hydrogen-bond acceptors (Lipinski definition) is 2. The Bertz CT molecular complexity index is 469. The average molecular weight is 274 g/mol. The molecule has 0 radical (unpaired) electrons. The molecule has 0 spiro atoms. The lowest BCUT2D eigenvalue weighted by molar-refractivity contribution is -0.134. The number of likely N-dealkylation sites (N-methyl/N-ethyl adjacent to an activating group) is 1. The predicted molar refractivity (Wildman–Crippen MR) is 79.2 cm³/mol. The van der Waals surface area contributed by atoms with E-state index in [0.717, 1.165) is 5.69 Å². The Morgan fingerprint density at radius 3 is 2.55 bits per heavy atom. The van der Waals surface area contributed by atoms with Crippen molar-refractivity contribution in [1.29, 1.82) is 0 Å². The maximum Gasteiger partial charge on any atom is 0.243 e. The first-order valence-electron chi connectivity index (χ1n) is 7.15. The summed E-state index contributed by atoms with van der Waals surface area (Å²) in [5.74, 6) is 1.03. The molecular formula is C16H22N2O2. The van der Waals surface area contributed by atoms with Gasteiger partial charge in [-0.15, -0.1) is 0 Å². The van der Waals surface area contributed by atoms with Crippen LogP contribution in [0.2, 0.25) is 0 Å². The number of nitrogens with zero attached hydrogens (tertiary/aromatic N) is 1. The summed E-state index contributed by atoms with van der Waals surface area (Å²) in [4.78, 5) is 25.4. The fourth-order valence-corrected chi connectivity index (χ4v) is 2.29. The molecule has 1 aliphatic carbocycles. The minimum Gasteiger partial charge on any atom is -0.336 e. The van der Waals surface area contributed by atoms with Gasteiger partial charge in [-0.05, 0) is 36.8 Å². The summed E-state index contributed by atoms with van der Waals surface area (Å²) in [5, 5.41) is 2.78. The number of nitrogens with one attached hydrogen (secondary N) is 1. The second-order valence-electron chi connectivity index (χ2n) is 5.68. The summed E-state index contributed by atoms with van der Waals surface area (Å²) < 4.78 is 0. The van der Waals surface area contributed by atoms with Crippen LogP contribution in [-0.4, -0.2) is 30.3 Å². The number of rotatable bonds is 6. The molecule has 20 heavy (non-hydrogen) atoms. The van der Waals surface area contributed by atoms with E-state index in [9.17, 15) is 9.59 Å². The van der Waals surface area contributed by atoms with Gasteiger partial charge in [0.05, 0.1) is 6.54 Å². The Hall–Kier alpha value is -1.84. The van der Waals surface area contributed by atoms with Crippen molar-refractivity contribution < 1.29 is 9.59 Å². The minimum atomic E-state index is -0.161. The molecular weight excluding hydrogens is 252 g/mol. The average Bonchev–Trinajstić information content (AvgIpc) is 3.23. The predicted octanol–water partition coefficient (Wildman–Crippen LogP) is 2.52. The summed E-state index contributed by atoms with van der Waals surface area (Å²) in [6.45, 7) is 2.22. The Morgan fingerprint density at radius 1 is 1.30 bits per heavy atom. The molecule has 1 saturated carbocycles. The smallest absolute Gasteiger partial charge is 0.243 e. The van der Waals surface area contributed by atoms with Gasteiger partial charge in [0.15, 0.2) is 0 Å². The maximum atomic E-state index is 12.0. The summed E-state index contributed by atoms with van der Waals surface area (Å²) in [7, 11) is 1.69. The molecule has 2 amide bonds. The minimum absolute atomic E-state index is 0.0487. The van der Waals surface area contributed by atoms with E-state index in [0.29, 0.717) is 18.3 Å². The molecule has 0 aromatic heterocycles. The van der Waals surface area contributed by atoms with Gasteiger partial charge < -0.3 is 10.2 Å². The van der Waals surface area contributed by atoms with Crippen LogP contribution in [0.1, 0.15) is 26.2 Å². The Balaban J connectivity index is 1.76. The van der Waals surface area contributed by atoms with Crippen molar-refractivity contribution in [3.63, 3.8) is 0 Å². The molecule has 2 rings (SSSR count). The van der Waals surface area contributed by atoms with Crippen molar-refractivity contribution >= 4 is 17.5 Å². The van der Waals surface area contributed by atoms with Crippen molar-refractivity contribution in [2.24, 2.45) is 11.8 Å². The van der Waals surface area contributed by atoms with Crippen LogP contribution in [0.25, 0.3) is 0 Å². The molecule has 4 nitrogen and oxygen atoms in total. The van der Waals surface area contributed by atoms with E-state index in [1.165, 1.54) is 17.7 Å². The van der Waals surface area contributed by atoms with Crippen molar-refractivity contribution in [1.82, 2.24) is 4.90 Å². The van der Waals surface area contributed by atoms with Crippen LogP contribution in [0.4, 0.5) is 5.69 Å². The lowest BCUT2D eigenvalue weighted by Crippen LogP contribution is -2.35. The zero-order valence-electron chi connectivity index (χ0n) is 12.1. The standard InChI is InChI=1S/C16H22N2O2/c1-12(13-8-9-13)10-16(20)18(2)11-15(19)17-14-6-4-3-5-7-14/h3-7,12-13H,8-11H2,1-2H3,(H,17,19)/t12-/m1/s1. The molecule has 1 N–H and O–H groups in total. The van der Waals surface area contributed by atoms with E-state index >= 15 is 0 Å². The van der Waals surface area contributed by atoms with E-state index < -0.39 is 0 Å². The third-order valence-electron chi connectivity index (χ3n) is 3.79. The van der Waals surface area contributed by atoms with Crippen LogP contribution in [0.3, 0.4) is 0 Å². The van der Waals surface area contributed by atoms with Crippen LogP contribution in [0.5, 0.6) is 0 Å². The highest BCUT2D eigenvalue weighted by molar-refractivity contribution is 5.94. The number of anilines is 1. The molecule has 0 unspecified atom stereocenters. The second kappa shape index (κ2) is 6.55. The van der Waals surface area contributed by atoms with Crippen molar-refractivity contribution in [2.75, 3.05) is 18.9 Å². The summed E-state index contributed by atoms with van der Waals surface area (Å²) in [6.07, 6.45) is 3.03. The molecule has 0 aliphatic heterocycles. The fraction of sp³-hybridized carbons (Fsp3) is 0.500. The molecule has 0 heterocycles. The molecule has 0 bridgehead atoms. The van der Waals surface area contributed by atoms with Gasteiger partial charge in [0.2, 0.25) is 11.8 Å². The molecule has 1 aromatic carbocycles. The van der Waals surface area contributed by atoms with E-state index in [-0.39, 0.29) is 18.4 Å². The first kappa shape index (κ1) is 14.6. The molecule has 1 fully saturated rings. The van der Waals surface area contributed by atoms with Crippen LogP contribution < -0.4 is 5.32 Å². The number of carbonyl (C=O) groups is 2. The lowest BCUT2D eigenvalue weighted by atomic mass is 10.0. The number of para-hydroxylation sites is 1. The Labute approximate surface area is 120 Å². The molecule has 1 atom stereocenters. The van der Waals surface area contributed by atoms with Gasteiger partial charge in [0.25, 0.3) is 0 Å². The second-order valence-corrected chi connectivity index (χ2v) is 5.68. The van der Waals surface area contributed by atoms with Crippen LogP contribution in [0.15, 0.2) is 30.3 Å². The van der Waals surface area contributed by atoms with E-state index in [4.69, 9.17) is 0 Å². The van der Waals surface area contributed by atoms with Crippen LogP contribution in [-0.2, 0) is 9.59 Å². The molecule has 108 valence electrons. The van der Waals surface area contributed by atoms with Crippen molar-refractivity contribution in [2.45, 2.75) is 26.2 Å². The number of benzene rings is 1. The van der Waals surface area contributed by atoms with Gasteiger partial charge in [-0.25, -0.2) is 0 Å². The number of carbonyl (C=O) groups excluding carboxylic acids is 2. The third kappa shape index (κ3) is 4.37. The molecule has 4 heteroatoms. The highest BCUT2D eigenvalue weighted by Gasteiger charge is 2.30. The maximum absolute atomic E-state index is 12.0. The van der Waals surface area contributed by atoms with Crippen molar-refractivity contribution in [3.05, 3.63) is 30.3 Å². The van der Waals surface area contributed by atoms with Crippen molar-refractivity contribution in [3.8, 4) is 0 Å². The van der Waals surface area contributed by atoms with Crippen LogP contribution >= 0.6 is 0 Å². The molecule has 0 saturated heterocycles. The van der Waals surface area contributed by atoms with E-state index in [1.807, 2.05) is 30.3 Å². The highest BCUT2D eigenvalue weighted by Crippen LogP contribution is 2.38. The molecule has 1 aromatic rings. The topological polar surface area (TPSA) is 49.4 Å². The quantitative estimate of drug-likeness (QED) is 0.866. The monoisotopic (exact) mass is 274 g/mol. The van der Waals surface area contributed by atoms with E-state index in [1.54, 1.807) is 7.05 Å². The fourth-order valence-electron chi connectivity index (χ4n) is 2.29. The first-order valence-corrected chi connectivity index (χ1v) is 7.15. The van der Waals surface area contributed by atoms with Crippen LogP contribution in [0, 0.1) is 11.8 Å². The normalized spacial score (nSPS) is 15.5. The highest BCUT2D eigenvalue weighted by atomic mass is 16.2. The Morgan fingerprint density at radius 2 is 1.95 bits per heavy atom. The number of hydrogen-bond donors (Lipinski definition) is 1. The lowest BCUT2D eigenvalue weighted by Gasteiger charge is -2.19. The first-order chi connectivity index (χ1) is 9.56. The summed E-state index contributed by atoms with van der Waals surface area (Å²) in [6, 6.07) is 9.28. The van der Waals surface area contributed by atoms with Gasteiger partial charge in [0, 0.05) is 19.2 Å². The SMILES string of the molecule is C[C@H](CC(=O)N(C)CC(=O)Nc1ccccc1)C1CC1. The zero-order chi connectivity index (χ0) is 14.5. The van der Waals surface area contributed by atoms with E-state index in [2.05, 4.69) is 12.2 Å². The summed E-state index contributed by atoms with van der Waals surface area (Å²) >= 11 is 0. The molecule has 1 aliphatic rings. The van der Waals surface area contributed by atoms with Gasteiger partial charge in [0.1, 0.15) is 0 Å². The van der Waals surface area contributed by atoms with Gasteiger partial charge in [-0.2, -0.15) is 0 Å².